The maximum atomic E-state index is 12.8. The van der Waals surface area contributed by atoms with Gasteiger partial charge in [-0.2, -0.15) is 0 Å². The predicted molar refractivity (Wildman–Crippen MR) is 68.6 cm³/mol. The molecule has 0 aliphatic carbocycles. The summed E-state index contributed by atoms with van der Waals surface area (Å²) < 4.78 is 17.9. The van der Waals surface area contributed by atoms with Crippen LogP contribution in [-0.2, 0) is 4.74 Å². The van der Waals surface area contributed by atoms with Crippen LogP contribution in [0.4, 0.5) is 4.39 Å². The highest BCUT2D eigenvalue weighted by Gasteiger charge is 2.29. The molecule has 2 aromatic carbocycles. The predicted octanol–water partition coefficient (Wildman–Crippen LogP) is 3.11. The molecule has 0 spiro atoms. The number of cyclic esters (lactones) is 1. The standard InChI is InChI=1S/C15H10FNO2/c16-11-7-5-10(6-8-11)9-17-14-12-3-1-2-4-13(12)15(18)19-14/h1-9,14H. The lowest BCUT2D eigenvalue weighted by atomic mass is 10.1. The Kier molecular flexibility index (Phi) is 2.83. The maximum absolute atomic E-state index is 12.8. The van der Waals surface area contributed by atoms with Gasteiger partial charge in [-0.15, -0.1) is 0 Å². The minimum Gasteiger partial charge on any atom is -0.432 e. The van der Waals surface area contributed by atoms with E-state index < -0.39 is 6.23 Å². The van der Waals surface area contributed by atoms with Crippen LogP contribution < -0.4 is 0 Å². The minimum absolute atomic E-state index is 0.296. The largest absolute Gasteiger partial charge is 0.432 e. The molecule has 94 valence electrons. The molecule has 0 radical (unpaired) electrons. The number of hydrogen-bond donors (Lipinski definition) is 0. The first-order valence-electron chi connectivity index (χ1n) is 5.83. The molecule has 1 atom stereocenters. The van der Waals surface area contributed by atoms with Crippen LogP contribution >= 0.6 is 0 Å². The number of rotatable bonds is 2. The molecule has 4 heteroatoms. The number of fused-ring (bicyclic) bond motifs is 1. The van der Waals surface area contributed by atoms with Crippen molar-refractivity contribution in [3.8, 4) is 0 Å². The van der Waals surface area contributed by atoms with Crippen molar-refractivity contribution in [2.24, 2.45) is 4.99 Å². The van der Waals surface area contributed by atoms with Gasteiger partial charge in [0, 0.05) is 11.8 Å². The molecule has 2 aromatic rings. The van der Waals surface area contributed by atoms with Crippen molar-refractivity contribution in [2.45, 2.75) is 6.23 Å². The van der Waals surface area contributed by atoms with Crippen molar-refractivity contribution in [3.63, 3.8) is 0 Å². The third-order valence-corrected chi connectivity index (χ3v) is 2.89. The number of aliphatic imine (C=N–C) groups is 1. The van der Waals surface area contributed by atoms with Crippen molar-refractivity contribution in [1.82, 2.24) is 0 Å². The Morgan fingerprint density at radius 1 is 1.11 bits per heavy atom. The second-order valence-corrected chi connectivity index (χ2v) is 4.17. The summed E-state index contributed by atoms with van der Waals surface area (Å²) in [5, 5.41) is 0. The molecule has 0 aromatic heterocycles. The summed E-state index contributed by atoms with van der Waals surface area (Å²) in [5.74, 6) is -0.661. The fourth-order valence-electron chi connectivity index (χ4n) is 1.94. The highest BCUT2D eigenvalue weighted by molar-refractivity contribution is 5.94. The van der Waals surface area contributed by atoms with Gasteiger partial charge in [-0.3, -0.25) is 0 Å². The van der Waals surface area contributed by atoms with Crippen molar-refractivity contribution >= 4 is 12.2 Å². The Labute approximate surface area is 109 Å². The van der Waals surface area contributed by atoms with Crippen LogP contribution in [-0.4, -0.2) is 12.2 Å². The smallest absolute Gasteiger partial charge is 0.340 e. The minimum atomic E-state index is -0.617. The van der Waals surface area contributed by atoms with Gasteiger partial charge >= 0.3 is 5.97 Å². The van der Waals surface area contributed by atoms with Crippen molar-refractivity contribution in [2.75, 3.05) is 0 Å². The molecule has 19 heavy (non-hydrogen) atoms. The molecule has 0 saturated carbocycles. The zero-order valence-electron chi connectivity index (χ0n) is 9.92. The lowest BCUT2D eigenvalue weighted by Crippen LogP contribution is -1.96. The molecular formula is C15H10FNO2. The number of halogens is 1. The lowest BCUT2D eigenvalue weighted by molar-refractivity contribution is 0.0405. The normalized spacial score (nSPS) is 17.5. The van der Waals surface area contributed by atoms with Gasteiger partial charge in [0.25, 0.3) is 0 Å². The van der Waals surface area contributed by atoms with E-state index in [-0.39, 0.29) is 11.8 Å². The molecule has 3 nitrogen and oxygen atoms in total. The first-order valence-corrected chi connectivity index (χ1v) is 5.83. The first kappa shape index (κ1) is 11.6. The zero-order chi connectivity index (χ0) is 13.2. The Morgan fingerprint density at radius 2 is 1.84 bits per heavy atom. The van der Waals surface area contributed by atoms with E-state index >= 15 is 0 Å². The third-order valence-electron chi connectivity index (χ3n) is 2.89. The van der Waals surface area contributed by atoms with Gasteiger partial charge in [0.2, 0.25) is 6.23 Å². The van der Waals surface area contributed by atoms with E-state index in [2.05, 4.69) is 4.99 Å². The molecule has 1 aliphatic rings. The summed E-state index contributed by atoms with van der Waals surface area (Å²) in [7, 11) is 0. The fourth-order valence-corrected chi connectivity index (χ4v) is 1.94. The van der Waals surface area contributed by atoms with E-state index in [1.54, 1.807) is 30.5 Å². The molecule has 3 rings (SSSR count). The van der Waals surface area contributed by atoms with Crippen LogP contribution in [0.25, 0.3) is 0 Å². The molecule has 0 amide bonds. The average molecular weight is 255 g/mol. The van der Waals surface area contributed by atoms with Crippen molar-refractivity contribution in [1.29, 1.82) is 0 Å². The summed E-state index contributed by atoms with van der Waals surface area (Å²) in [4.78, 5) is 15.8. The SMILES string of the molecule is O=C1OC(N=Cc2ccc(F)cc2)c2ccccc21. The summed E-state index contributed by atoms with van der Waals surface area (Å²) >= 11 is 0. The van der Waals surface area contributed by atoms with E-state index in [0.29, 0.717) is 5.56 Å². The van der Waals surface area contributed by atoms with E-state index in [4.69, 9.17) is 4.74 Å². The monoisotopic (exact) mass is 255 g/mol. The van der Waals surface area contributed by atoms with Gasteiger partial charge in [-0.25, -0.2) is 14.2 Å². The summed E-state index contributed by atoms with van der Waals surface area (Å²) in [6, 6.07) is 13.1. The zero-order valence-corrected chi connectivity index (χ0v) is 9.92. The van der Waals surface area contributed by atoms with Gasteiger partial charge in [0.05, 0.1) is 5.56 Å². The van der Waals surface area contributed by atoms with Crippen LogP contribution in [0, 0.1) is 5.82 Å². The average Bonchev–Trinajstić information content (AvgIpc) is 2.76. The maximum Gasteiger partial charge on any atom is 0.340 e. The van der Waals surface area contributed by atoms with Crippen LogP contribution in [0.15, 0.2) is 53.5 Å². The highest BCUT2D eigenvalue weighted by atomic mass is 19.1. The Hall–Kier alpha value is -2.49. The molecule has 0 fully saturated rings. The van der Waals surface area contributed by atoms with Crippen LogP contribution in [0.1, 0.15) is 27.7 Å². The van der Waals surface area contributed by atoms with Gasteiger partial charge in [-0.05, 0) is 23.8 Å². The Bertz CT molecular complexity index is 649. The number of benzene rings is 2. The molecule has 1 unspecified atom stereocenters. The lowest BCUT2D eigenvalue weighted by Gasteiger charge is -2.03. The van der Waals surface area contributed by atoms with Gasteiger partial charge in [0.15, 0.2) is 0 Å². The number of carbonyl (C=O) groups excluding carboxylic acids is 1. The fraction of sp³-hybridized carbons (Fsp3) is 0.0667. The number of esters is 1. The summed E-state index contributed by atoms with van der Waals surface area (Å²) in [5.41, 5.74) is 2.05. The number of carbonyl (C=O) groups is 1. The second-order valence-electron chi connectivity index (χ2n) is 4.17. The summed E-state index contributed by atoms with van der Waals surface area (Å²) in [6.07, 6.45) is 0.952. The number of hydrogen-bond acceptors (Lipinski definition) is 3. The number of ether oxygens (including phenoxy) is 1. The van der Waals surface area contributed by atoms with Gasteiger partial charge in [-0.1, -0.05) is 30.3 Å². The van der Waals surface area contributed by atoms with Crippen LogP contribution in [0.5, 0.6) is 0 Å². The Morgan fingerprint density at radius 3 is 2.63 bits per heavy atom. The molecular weight excluding hydrogens is 245 g/mol. The molecule has 1 heterocycles. The number of nitrogens with zero attached hydrogens (tertiary/aromatic N) is 1. The van der Waals surface area contributed by atoms with Crippen LogP contribution in [0.3, 0.4) is 0 Å². The van der Waals surface area contributed by atoms with E-state index in [1.165, 1.54) is 12.1 Å². The summed E-state index contributed by atoms with van der Waals surface area (Å²) in [6.45, 7) is 0. The topological polar surface area (TPSA) is 38.7 Å². The molecule has 0 N–H and O–H groups in total. The van der Waals surface area contributed by atoms with Gasteiger partial charge < -0.3 is 4.74 Å². The Balaban J connectivity index is 1.85. The van der Waals surface area contributed by atoms with Crippen LogP contribution in [0.2, 0.25) is 0 Å². The quantitative estimate of drug-likeness (QED) is 0.611. The first-order chi connectivity index (χ1) is 9.24. The third kappa shape index (κ3) is 2.25. The molecule has 0 saturated heterocycles. The van der Waals surface area contributed by atoms with Crippen molar-refractivity contribution in [3.05, 3.63) is 71.0 Å². The van der Waals surface area contributed by atoms with E-state index in [9.17, 15) is 9.18 Å². The molecule has 0 bridgehead atoms. The van der Waals surface area contributed by atoms with E-state index in [0.717, 1.165) is 11.1 Å². The van der Waals surface area contributed by atoms with Crippen molar-refractivity contribution < 1.29 is 13.9 Å². The highest BCUT2D eigenvalue weighted by Crippen LogP contribution is 2.31. The second kappa shape index (κ2) is 4.65. The van der Waals surface area contributed by atoms with E-state index in [1.807, 2.05) is 12.1 Å². The van der Waals surface area contributed by atoms with Gasteiger partial charge in [0.1, 0.15) is 5.82 Å². The molecule has 1 aliphatic heterocycles.